The maximum Gasteiger partial charge on any atom is 0.273 e. The third-order valence-electron chi connectivity index (χ3n) is 4.52. The van der Waals surface area contributed by atoms with E-state index in [9.17, 15) is 10.1 Å². The lowest BCUT2D eigenvalue weighted by molar-refractivity contribution is -0.385. The highest BCUT2D eigenvalue weighted by Crippen LogP contribution is 2.20. The number of nitro groups is 1. The standard InChI is InChI=1S/C20H23N3O2/c24-23(25)20-11-5-4-10-19(20)17-22-15-13-21(14-16-22)12-6-9-18-7-2-1-3-8-18/h1-11H,12-17H2. The van der Waals surface area contributed by atoms with Crippen LogP contribution in [0.2, 0.25) is 0 Å². The number of piperazine rings is 1. The zero-order chi connectivity index (χ0) is 17.5. The minimum Gasteiger partial charge on any atom is -0.297 e. The van der Waals surface area contributed by atoms with Gasteiger partial charge in [0.2, 0.25) is 0 Å². The molecule has 2 aromatic carbocycles. The summed E-state index contributed by atoms with van der Waals surface area (Å²) in [5.41, 5.74) is 2.23. The fourth-order valence-corrected chi connectivity index (χ4v) is 3.10. The van der Waals surface area contributed by atoms with Crippen LogP contribution in [0.25, 0.3) is 6.08 Å². The highest BCUT2D eigenvalue weighted by molar-refractivity contribution is 5.48. The summed E-state index contributed by atoms with van der Waals surface area (Å²) in [6.45, 7) is 5.43. The number of para-hydroxylation sites is 1. The molecule has 0 unspecified atom stereocenters. The van der Waals surface area contributed by atoms with Gasteiger partial charge < -0.3 is 0 Å². The summed E-state index contributed by atoms with van der Waals surface area (Å²) >= 11 is 0. The highest BCUT2D eigenvalue weighted by atomic mass is 16.6. The first-order valence-corrected chi connectivity index (χ1v) is 8.61. The van der Waals surface area contributed by atoms with Gasteiger partial charge in [0.15, 0.2) is 0 Å². The summed E-state index contributed by atoms with van der Waals surface area (Å²) in [4.78, 5) is 15.5. The Morgan fingerprint density at radius 3 is 2.28 bits per heavy atom. The van der Waals surface area contributed by atoms with Gasteiger partial charge in [-0.1, -0.05) is 60.7 Å². The van der Waals surface area contributed by atoms with Crippen LogP contribution in [-0.4, -0.2) is 47.4 Å². The summed E-state index contributed by atoms with van der Waals surface area (Å²) in [6.07, 6.45) is 4.35. The fourth-order valence-electron chi connectivity index (χ4n) is 3.10. The Labute approximate surface area is 148 Å². The van der Waals surface area contributed by atoms with E-state index in [1.165, 1.54) is 5.56 Å². The molecule has 1 heterocycles. The number of hydrogen-bond acceptors (Lipinski definition) is 4. The lowest BCUT2D eigenvalue weighted by atomic mass is 10.1. The molecule has 0 aliphatic carbocycles. The van der Waals surface area contributed by atoms with Crippen LogP contribution in [0.1, 0.15) is 11.1 Å². The smallest absolute Gasteiger partial charge is 0.273 e. The molecular formula is C20H23N3O2. The Morgan fingerprint density at radius 2 is 1.56 bits per heavy atom. The average molecular weight is 337 g/mol. The van der Waals surface area contributed by atoms with Crippen LogP contribution in [0.4, 0.5) is 5.69 Å². The molecule has 5 nitrogen and oxygen atoms in total. The molecule has 1 saturated heterocycles. The second-order valence-corrected chi connectivity index (χ2v) is 6.28. The number of hydrogen-bond donors (Lipinski definition) is 0. The summed E-state index contributed by atoms with van der Waals surface area (Å²) in [6, 6.07) is 17.3. The molecule has 0 aromatic heterocycles. The van der Waals surface area contributed by atoms with Crippen molar-refractivity contribution in [2.75, 3.05) is 32.7 Å². The predicted octanol–water partition coefficient (Wildman–Crippen LogP) is 3.43. The molecule has 0 saturated carbocycles. The molecule has 1 aliphatic heterocycles. The van der Waals surface area contributed by atoms with Crippen molar-refractivity contribution in [3.8, 4) is 0 Å². The van der Waals surface area contributed by atoms with Crippen molar-refractivity contribution >= 4 is 11.8 Å². The van der Waals surface area contributed by atoms with E-state index in [1.54, 1.807) is 12.1 Å². The van der Waals surface area contributed by atoms with Crippen LogP contribution in [0.3, 0.4) is 0 Å². The number of rotatable bonds is 6. The second kappa shape index (κ2) is 8.55. The summed E-state index contributed by atoms with van der Waals surface area (Å²) < 4.78 is 0. The molecule has 0 bridgehead atoms. The van der Waals surface area contributed by atoms with Crippen molar-refractivity contribution in [2.24, 2.45) is 0 Å². The van der Waals surface area contributed by atoms with Crippen LogP contribution in [0.15, 0.2) is 60.7 Å². The molecular weight excluding hydrogens is 314 g/mol. The molecule has 0 atom stereocenters. The van der Waals surface area contributed by atoms with Gasteiger partial charge in [-0.2, -0.15) is 0 Å². The zero-order valence-electron chi connectivity index (χ0n) is 14.3. The molecule has 0 radical (unpaired) electrons. The van der Waals surface area contributed by atoms with Gasteiger partial charge in [0, 0.05) is 50.9 Å². The van der Waals surface area contributed by atoms with Gasteiger partial charge in [0.05, 0.1) is 4.92 Å². The SMILES string of the molecule is O=[N+]([O-])c1ccccc1CN1CCN(CC=Cc2ccccc2)CC1. The third-order valence-corrected chi connectivity index (χ3v) is 4.52. The molecule has 0 spiro atoms. The van der Waals surface area contributed by atoms with Gasteiger partial charge >= 0.3 is 0 Å². The third kappa shape index (κ3) is 4.98. The van der Waals surface area contributed by atoms with Gasteiger partial charge in [-0.15, -0.1) is 0 Å². The van der Waals surface area contributed by atoms with Gasteiger partial charge in [0.1, 0.15) is 0 Å². The minimum absolute atomic E-state index is 0.218. The van der Waals surface area contributed by atoms with E-state index in [-0.39, 0.29) is 10.6 Å². The lowest BCUT2D eigenvalue weighted by Gasteiger charge is -2.34. The first-order chi connectivity index (χ1) is 12.2. The van der Waals surface area contributed by atoms with E-state index >= 15 is 0 Å². The fraction of sp³-hybridized carbons (Fsp3) is 0.300. The van der Waals surface area contributed by atoms with Gasteiger partial charge in [-0.3, -0.25) is 19.9 Å². The Bertz CT molecular complexity index is 723. The molecule has 0 N–H and O–H groups in total. The van der Waals surface area contributed by atoms with Crippen LogP contribution in [0.5, 0.6) is 0 Å². The summed E-state index contributed by atoms with van der Waals surface area (Å²) in [5, 5.41) is 11.1. The molecule has 2 aromatic rings. The molecule has 130 valence electrons. The molecule has 5 heteroatoms. The van der Waals surface area contributed by atoms with Crippen molar-refractivity contribution in [3.63, 3.8) is 0 Å². The van der Waals surface area contributed by atoms with Crippen LogP contribution >= 0.6 is 0 Å². The van der Waals surface area contributed by atoms with Gasteiger partial charge in [-0.25, -0.2) is 0 Å². The molecule has 0 amide bonds. The Kier molecular flexibility index (Phi) is 5.93. The highest BCUT2D eigenvalue weighted by Gasteiger charge is 2.19. The van der Waals surface area contributed by atoms with Crippen molar-refractivity contribution in [1.29, 1.82) is 0 Å². The lowest BCUT2D eigenvalue weighted by Crippen LogP contribution is -2.45. The number of benzene rings is 2. The van der Waals surface area contributed by atoms with Crippen molar-refractivity contribution < 1.29 is 4.92 Å². The average Bonchev–Trinajstić information content (AvgIpc) is 2.64. The van der Waals surface area contributed by atoms with Crippen molar-refractivity contribution in [1.82, 2.24) is 9.80 Å². The minimum atomic E-state index is -0.292. The summed E-state index contributed by atoms with van der Waals surface area (Å²) in [7, 11) is 0. The normalized spacial score (nSPS) is 16.3. The number of nitro benzene ring substituents is 1. The van der Waals surface area contributed by atoms with Crippen molar-refractivity contribution in [2.45, 2.75) is 6.54 Å². The van der Waals surface area contributed by atoms with E-state index in [2.05, 4.69) is 34.1 Å². The maximum atomic E-state index is 11.1. The van der Waals surface area contributed by atoms with E-state index in [0.29, 0.717) is 6.54 Å². The molecule has 25 heavy (non-hydrogen) atoms. The van der Waals surface area contributed by atoms with E-state index in [1.807, 2.05) is 30.3 Å². The van der Waals surface area contributed by atoms with E-state index < -0.39 is 0 Å². The van der Waals surface area contributed by atoms with Crippen LogP contribution in [0, 0.1) is 10.1 Å². The van der Waals surface area contributed by atoms with Crippen LogP contribution < -0.4 is 0 Å². The number of nitrogens with zero attached hydrogens (tertiary/aromatic N) is 3. The van der Waals surface area contributed by atoms with Gasteiger partial charge in [0.25, 0.3) is 5.69 Å². The molecule has 1 fully saturated rings. The molecule has 1 aliphatic rings. The first kappa shape index (κ1) is 17.3. The van der Waals surface area contributed by atoms with Crippen molar-refractivity contribution in [3.05, 3.63) is 81.9 Å². The van der Waals surface area contributed by atoms with Crippen LogP contribution in [-0.2, 0) is 6.54 Å². The Balaban J connectivity index is 1.48. The Hall–Kier alpha value is -2.50. The first-order valence-electron chi connectivity index (χ1n) is 8.61. The topological polar surface area (TPSA) is 49.6 Å². The Morgan fingerprint density at radius 1 is 0.920 bits per heavy atom. The summed E-state index contributed by atoms with van der Waals surface area (Å²) in [5.74, 6) is 0. The quantitative estimate of drug-likeness (QED) is 0.599. The maximum absolute atomic E-state index is 11.1. The van der Waals surface area contributed by atoms with E-state index in [4.69, 9.17) is 0 Å². The predicted molar refractivity (Wildman–Crippen MR) is 100 cm³/mol. The zero-order valence-corrected chi connectivity index (χ0v) is 14.3. The second-order valence-electron chi connectivity index (χ2n) is 6.28. The largest absolute Gasteiger partial charge is 0.297 e. The monoisotopic (exact) mass is 337 g/mol. The van der Waals surface area contributed by atoms with E-state index in [0.717, 1.165) is 38.3 Å². The molecule has 3 rings (SSSR count). The van der Waals surface area contributed by atoms with Gasteiger partial charge in [-0.05, 0) is 5.56 Å².